The van der Waals surface area contributed by atoms with Crippen LogP contribution >= 0.6 is 0 Å². The van der Waals surface area contributed by atoms with Gasteiger partial charge in [0.25, 0.3) is 0 Å². The van der Waals surface area contributed by atoms with Gasteiger partial charge in [0, 0.05) is 18.9 Å². The Labute approximate surface area is 138 Å². The summed E-state index contributed by atoms with van der Waals surface area (Å²) in [5.74, 6) is 2.55. The lowest BCUT2D eigenvalue weighted by Crippen LogP contribution is -2.43. The van der Waals surface area contributed by atoms with Crippen LogP contribution in [-0.4, -0.2) is 17.9 Å². The number of nitrogens with one attached hydrogen (secondary N) is 2. The Kier molecular flexibility index (Phi) is 6.25. The van der Waals surface area contributed by atoms with Gasteiger partial charge in [-0.25, -0.2) is 0 Å². The molecule has 1 fully saturated rings. The van der Waals surface area contributed by atoms with E-state index in [-0.39, 0.29) is 30.7 Å². The van der Waals surface area contributed by atoms with Gasteiger partial charge in [-0.2, -0.15) is 0 Å². The first-order chi connectivity index (χ1) is 11.0. The van der Waals surface area contributed by atoms with Crippen molar-refractivity contribution >= 4 is 11.8 Å². The summed E-state index contributed by atoms with van der Waals surface area (Å²) in [6.07, 6.45) is 3.89. The molecule has 0 aromatic carbocycles. The minimum absolute atomic E-state index is 0.0278. The zero-order valence-electron chi connectivity index (χ0n) is 14.4. The van der Waals surface area contributed by atoms with Gasteiger partial charge in [-0.15, -0.1) is 0 Å². The average Bonchev–Trinajstić information content (AvgIpc) is 2.93. The summed E-state index contributed by atoms with van der Waals surface area (Å²) in [7, 11) is 0. The summed E-state index contributed by atoms with van der Waals surface area (Å²) in [5.41, 5.74) is 0. The van der Waals surface area contributed by atoms with Crippen LogP contribution in [0.15, 0.2) is 16.5 Å². The van der Waals surface area contributed by atoms with E-state index in [4.69, 9.17) is 4.42 Å². The van der Waals surface area contributed by atoms with Crippen LogP contribution in [0.2, 0.25) is 0 Å². The summed E-state index contributed by atoms with van der Waals surface area (Å²) in [6.45, 7) is 6.67. The van der Waals surface area contributed by atoms with Crippen LogP contribution in [0.3, 0.4) is 0 Å². The minimum Gasteiger partial charge on any atom is -0.465 e. The number of hydrogen-bond acceptors (Lipinski definition) is 3. The second-order valence-corrected chi connectivity index (χ2v) is 6.73. The first kappa shape index (κ1) is 17.6. The summed E-state index contributed by atoms with van der Waals surface area (Å²) in [4.78, 5) is 23.8. The van der Waals surface area contributed by atoms with E-state index in [0.717, 1.165) is 17.9 Å². The van der Waals surface area contributed by atoms with Gasteiger partial charge in [-0.3, -0.25) is 9.59 Å². The summed E-state index contributed by atoms with van der Waals surface area (Å²) in [6, 6.07) is 3.95. The molecule has 1 aromatic heterocycles. The Balaban J connectivity index is 1.66. The molecule has 2 rings (SSSR count). The Morgan fingerprint density at radius 1 is 1.17 bits per heavy atom. The SMILES string of the molecule is Cc1ccc(CNC(=O)CCC(=O)N[C@@H]2CCC[C@@H](C)[C@@H]2C)o1. The van der Waals surface area contributed by atoms with Crippen molar-refractivity contribution in [2.24, 2.45) is 11.8 Å². The maximum atomic E-state index is 12.0. The molecule has 1 aliphatic rings. The van der Waals surface area contributed by atoms with Crippen LogP contribution in [0.4, 0.5) is 0 Å². The highest BCUT2D eigenvalue weighted by atomic mass is 16.3. The van der Waals surface area contributed by atoms with Gasteiger partial charge in [-0.05, 0) is 37.3 Å². The molecule has 0 bridgehead atoms. The van der Waals surface area contributed by atoms with Gasteiger partial charge in [0.15, 0.2) is 0 Å². The molecule has 5 nitrogen and oxygen atoms in total. The van der Waals surface area contributed by atoms with Crippen molar-refractivity contribution in [2.45, 2.75) is 65.5 Å². The quantitative estimate of drug-likeness (QED) is 0.846. The topological polar surface area (TPSA) is 71.3 Å². The highest BCUT2D eigenvalue weighted by molar-refractivity contribution is 5.83. The molecule has 0 unspecified atom stereocenters. The Hall–Kier alpha value is -1.78. The van der Waals surface area contributed by atoms with E-state index in [1.165, 1.54) is 12.8 Å². The van der Waals surface area contributed by atoms with E-state index in [0.29, 0.717) is 18.4 Å². The maximum absolute atomic E-state index is 12.0. The number of hydrogen-bond donors (Lipinski definition) is 2. The van der Waals surface area contributed by atoms with Crippen molar-refractivity contribution in [1.82, 2.24) is 10.6 Å². The van der Waals surface area contributed by atoms with Crippen LogP contribution < -0.4 is 10.6 Å². The molecule has 1 aromatic rings. The molecule has 1 heterocycles. The van der Waals surface area contributed by atoms with Crippen LogP contribution in [0.5, 0.6) is 0 Å². The lowest BCUT2D eigenvalue weighted by Gasteiger charge is -2.34. The lowest BCUT2D eigenvalue weighted by molar-refractivity contribution is -0.127. The summed E-state index contributed by atoms with van der Waals surface area (Å²) >= 11 is 0. The second-order valence-electron chi connectivity index (χ2n) is 6.73. The molecule has 23 heavy (non-hydrogen) atoms. The Morgan fingerprint density at radius 3 is 2.61 bits per heavy atom. The number of furan rings is 1. The van der Waals surface area contributed by atoms with Crippen LogP contribution in [0.25, 0.3) is 0 Å². The summed E-state index contributed by atoms with van der Waals surface area (Å²) in [5, 5.41) is 5.87. The van der Waals surface area contributed by atoms with Crippen LogP contribution in [-0.2, 0) is 16.1 Å². The molecule has 1 saturated carbocycles. The van der Waals surface area contributed by atoms with Gasteiger partial charge in [0.2, 0.25) is 11.8 Å². The van der Waals surface area contributed by atoms with Crippen molar-refractivity contribution in [1.29, 1.82) is 0 Å². The zero-order valence-corrected chi connectivity index (χ0v) is 14.4. The highest BCUT2D eigenvalue weighted by Gasteiger charge is 2.28. The van der Waals surface area contributed by atoms with Crippen molar-refractivity contribution in [2.75, 3.05) is 0 Å². The van der Waals surface area contributed by atoms with E-state index in [1.54, 1.807) is 0 Å². The fourth-order valence-corrected chi connectivity index (χ4v) is 3.15. The van der Waals surface area contributed by atoms with Crippen molar-refractivity contribution in [3.8, 4) is 0 Å². The third-order valence-corrected chi connectivity index (χ3v) is 4.89. The Morgan fingerprint density at radius 2 is 1.91 bits per heavy atom. The van der Waals surface area contributed by atoms with Crippen LogP contribution in [0.1, 0.15) is 57.5 Å². The zero-order chi connectivity index (χ0) is 16.8. The lowest BCUT2D eigenvalue weighted by atomic mass is 9.78. The van der Waals surface area contributed by atoms with Crippen molar-refractivity contribution in [3.63, 3.8) is 0 Å². The normalized spacial score (nSPS) is 24.2. The van der Waals surface area contributed by atoms with E-state index in [2.05, 4.69) is 24.5 Å². The molecule has 0 saturated heterocycles. The molecule has 0 aliphatic heterocycles. The largest absolute Gasteiger partial charge is 0.465 e. The van der Waals surface area contributed by atoms with Gasteiger partial charge >= 0.3 is 0 Å². The number of carbonyl (C=O) groups excluding carboxylic acids is 2. The second kappa shape index (κ2) is 8.18. The summed E-state index contributed by atoms with van der Waals surface area (Å²) < 4.78 is 5.39. The van der Waals surface area contributed by atoms with Gasteiger partial charge in [-0.1, -0.05) is 26.7 Å². The smallest absolute Gasteiger partial charge is 0.220 e. The fraction of sp³-hybridized carbons (Fsp3) is 0.667. The van der Waals surface area contributed by atoms with Crippen molar-refractivity contribution in [3.05, 3.63) is 23.7 Å². The standard InChI is InChI=1S/C18H28N2O3/c1-12-5-4-6-16(14(12)3)20-18(22)10-9-17(21)19-11-15-8-7-13(2)23-15/h7-8,12,14,16H,4-6,9-11H2,1-3H3,(H,19,21)(H,20,22)/t12-,14+,16-/m1/s1. The minimum atomic E-state index is -0.126. The average molecular weight is 320 g/mol. The van der Waals surface area contributed by atoms with E-state index in [9.17, 15) is 9.59 Å². The highest BCUT2D eigenvalue weighted by Crippen LogP contribution is 2.29. The van der Waals surface area contributed by atoms with E-state index >= 15 is 0 Å². The number of carbonyl (C=O) groups is 2. The molecular weight excluding hydrogens is 292 g/mol. The van der Waals surface area contributed by atoms with E-state index < -0.39 is 0 Å². The predicted molar refractivity (Wildman–Crippen MR) is 88.6 cm³/mol. The molecule has 3 atom stereocenters. The predicted octanol–water partition coefficient (Wildman–Crippen LogP) is 2.93. The first-order valence-corrected chi connectivity index (χ1v) is 8.57. The van der Waals surface area contributed by atoms with Gasteiger partial charge in [0.05, 0.1) is 6.54 Å². The molecular formula is C18H28N2O3. The number of rotatable bonds is 6. The number of amides is 2. The molecule has 128 valence electrons. The molecule has 0 spiro atoms. The van der Waals surface area contributed by atoms with Gasteiger partial charge < -0.3 is 15.1 Å². The molecule has 0 radical (unpaired) electrons. The molecule has 2 amide bonds. The molecule has 5 heteroatoms. The molecule has 1 aliphatic carbocycles. The number of aryl methyl sites for hydroxylation is 1. The fourth-order valence-electron chi connectivity index (χ4n) is 3.15. The third kappa shape index (κ3) is 5.41. The Bertz CT molecular complexity index is 538. The van der Waals surface area contributed by atoms with E-state index in [1.807, 2.05) is 19.1 Å². The first-order valence-electron chi connectivity index (χ1n) is 8.57. The monoisotopic (exact) mass is 320 g/mol. The van der Waals surface area contributed by atoms with Gasteiger partial charge in [0.1, 0.15) is 11.5 Å². The molecule has 2 N–H and O–H groups in total. The van der Waals surface area contributed by atoms with Crippen molar-refractivity contribution < 1.29 is 14.0 Å². The van der Waals surface area contributed by atoms with Crippen LogP contribution in [0, 0.1) is 18.8 Å². The third-order valence-electron chi connectivity index (χ3n) is 4.89. The maximum Gasteiger partial charge on any atom is 0.220 e.